The molecule has 0 saturated heterocycles. The summed E-state index contributed by atoms with van der Waals surface area (Å²) >= 11 is 0. The van der Waals surface area contributed by atoms with E-state index in [1.54, 1.807) is 24.3 Å². The van der Waals surface area contributed by atoms with Crippen LogP contribution in [0.3, 0.4) is 0 Å². The van der Waals surface area contributed by atoms with Crippen LogP contribution in [0, 0.1) is 13.8 Å². The van der Waals surface area contributed by atoms with Gasteiger partial charge < -0.3 is 14.8 Å². The number of hydrogen-bond acceptors (Lipinski definition) is 2. The van der Waals surface area contributed by atoms with Gasteiger partial charge in [0.1, 0.15) is 0 Å². The van der Waals surface area contributed by atoms with Gasteiger partial charge in [-0.05, 0) is 66.4 Å². The highest BCUT2D eigenvalue weighted by molar-refractivity contribution is 5.95. The monoisotopic (exact) mass is 399 g/mol. The van der Waals surface area contributed by atoms with E-state index >= 15 is 0 Å². The topological polar surface area (TPSA) is 79.5 Å². The molecule has 0 amide bonds. The van der Waals surface area contributed by atoms with Crippen molar-refractivity contribution in [2.75, 3.05) is 0 Å². The molecular formula is C25H21NO4. The molecule has 0 atom stereocenters. The second kappa shape index (κ2) is 7.52. The molecule has 0 bridgehead atoms. The molecule has 0 fully saturated rings. The Balaban J connectivity index is 1.79. The summed E-state index contributed by atoms with van der Waals surface area (Å²) in [5, 5.41) is 19.4. The zero-order valence-corrected chi connectivity index (χ0v) is 16.7. The molecule has 5 heteroatoms. The summed E-state index contributed by atoms with van der Waals surface area (Å²) in [5.74, 6) is -1.88. The smallest absolute Gasteiger partial charge is 0.335 e. The predicted molar refractivity (Wildman–Crippen MR) is 116 cm³/mol. The maximum absolute atomic E-state index is 11.4. The van der Waals surface area contributed by atoms with Crippen LogP contribution >= 0.6 is 0 Å². The lowest BCUT2D eigenvalue weighted by molar-refractivity contribution is 0.0686. The first-order valence-corrected chi connectivity index (χ1v) is 9.61. The van der Waals surface area contributed by atoms with Gasteiger partial charge in [0.15, 0.2) is 0 Å². The molecule has 0 aliphatic rings. The van der Waals surface area contributed by atoms with Crippen LogP contribution in [0.1, 0.15) is 37.5 Å². The Labute approximate surface area is 173 Å². The Kier molecular flexibility index (Phi) is 4.88. The highest BCUT2D eigenvalue weighted by Gasteiger charge is 2.15. The van der Waals surface area contributed by atoms with E-state index in [0.717, 1.165) is 38.9 Å². The molecule has 150 valence electrons. The minimum atomic E-state index is -0.944. The lowest BCUT2D eigenvalue weighted by atomic mass is 9.98. The molecule has 2 N–H and O–H groups in total. The van der Waals surface area contributed by atoms with E-state index in [1.807, 2.05) is 50.2 Å². The second-order valence-electron chi connectivity index (χ2n) is 7.37. The minimum Gasteiger partial charge on any atom is -0.478 e. The maximum Gasteiger partial charge on any atom is 0.335 e. The molecule has 1 aromatic heterocycles. The summed E-state index contributed by atoms with van der Waals surface area (Å²) in [4.78, 5) is 22.5. The highest BCUT2D eigenvalue weighted by atomic mass is 16.4. The standard InChI is InChI=1S/C25H21NO4/c1-15-16(2)26(23-12-11-19(25(29)30)13-22(15)23)14-20-5-3-4-6-21(20)17-7-9-18(10-8-17)24(27)28/h3-13H,14H2,1-2H3,(H,27,28)(H,29,30). The van der Waals surface area contributed by atoms with Gasteiger partial charge in [-0.2, -0.15) is 0 Å². The first kappa shape index (κ1) is 19.5. The fourth-order valence-corrected chi connectivity index (χ4v) is 3.89. The summed E-state index contributed by atoms with van der Waals surface area (Å²) < 4.78 is 2.20. The number of carboxylic acids is 2. The van der Waals surface area contributed by atoms with Crippen LogP contribution in [0.4, 0.5) is 0 Å². The average molecular weight is 399 g/mol. The zero-order valence-electron chi connectivity index (χ0n) is 16.7. The number of rotatable bonds is 5. The van der Waals surface area contributed by atoms with Crippen LogP contribution in [0.15, 0.2) is 66.7 Å². The fraction of sp³-hybridized carbons (Fsp3) is 0.120. The van der Waals surface area contributed by atoms with Crippen molar-refractivity contribution in [1.29, 1.82) is 0 Å². The molecule has 0 aliphatic carbocycles. The number of aromatic nitrogens is 1. The van der Waals surface area contributed by atoms with Crippen molar-refractivity contribution in [3.8, 4) is 11.1 Å². The van der Waals surface area contributed by atoms with E-state index in [0.29, 0.717) is 6.54 Å². The Morgan fingerprint density at radius 1 is 0.833 bits per heavy atom. The molecule has 4 rings (SSSR count). The normalized spacial score (nSPS) is 11.0. The number of hydrogen-bond donors (Lipinski definition) is 2. The maximum atomic E-state index is 11.4. The average Bonchev–Trinajstić information content (AvgIpc) is 2.98. The molecule has 5 nitrogen and oxygen atoms in total. The van der Waals surface area contributed by atoms with Crippen molar-refractivity contribution in [3.05, 3.63) is 94.7 Å². The second-order valence-corrected chi connectivity index (χ2v) is 7.37. The number of nitrogens with zero attached hydrogens (tertiary/aromatic N) is 1. The summed E-state index contributed by atoms with van der Waals surface area (Å²) in [6.45, 7) is 4.68. The third-order valence-electron chi connectivity index (χ3n) is 5.67. The number of fused-ring (bicyclic) bond motifs is 1. The number of aromatic carboxylic acids is 2. The predicted octanol–water partition coefficient (Wildman–Crippen LogP) is 5.37. The van der Waals surface area contributed by atoms with Crippen LogP contribution in [-0.2, 0) is 6.54 Å². The molecule has 0 unspecified atom stereocenters. The van der Waals surface area contributed by atoms with E-state index in [1.165, 1.54) is 0 Å². The number of aryl methyl sites for hydroxylation is 1. The summed E-state index contributed by atoms with van der Waals surface area (Å²) in [7, 11) is 0. The van der Waals surface area contributed by atoms with E-state index in [9.17, 15) is 14.7 Å². The van der Waals surface area contributed by atoms with Crippen LogP contribution < -0.4 is 0 Å². The van der Waals surface area contributed by atoms with Gasteiger partial charge in [-0.15, -0.1) is 0 Å². The lowest BCUT2D eigenvalue weighted by Gasteiger charge is -2.14. The Morgan fingerprint density at radius 2 is 1.47 bits per heavy atom. The number of carbonyl (C=O) groups is 2. The van der Waals surface area contributed by atoms with Crippen molar-refractivity contribution in [3.63, 3.8) is 0 Å². The first-order chi connectivity index (χ1) is 14.4. The van der Waals surface area contributed by atoms with Gasteiger partial charge in [-0.3, -0.25) is 0 Å². The van der Waals surface area contributed by atoms with Gasteiger partial charge in [-0.1, -0.05) is 36.4 Å². The summed E-state index contributed by atoms with van der Waals surface area (Å²) in [6, 6.07) is 20.2. The molecule has 0 radical (unpaired) electrons. The molecule has 0 spiro atoms. The number of carboxylic acid groups (broad SMARTS) is 2. The first-order valence-electron chi connectivity index (χ1n) is 9.61. The van der Waals surface area contributed by atoms with Crippen molar-refractivity contribution in [2.24, 2.45) is 0 Å². The highest BCUT2D eigenvalue weighted by Crippen LogP contribution is 2.30. The van der Waals surface area contributed by atoms with Gasteiger partial charge >= 0.3 is 11.9 Å². The quantitative estimate of drug-likeness (QED) is 0.473. The molecule has 30 heavy (non-hydrogen) atoms. The zero-order chi connectivity index (χ0) is 21.4. The van der Waals surface area contributed by atoms with E-state index in [-0.39, 0.29) is 11.1 Å². The van der Waals surface area contributed by atoms with Crippen molar-refractivity contribution < 1.29 is 19.8 Å². The van der Waals surface area contributed by atoms with Crippen molar-refractivity contribution >= 4 is 22.8 Å². The van der Waals surface area contributed by atoms with Gasteiger partial charge in [0.05, 0.1) is 11.1 Å². The summed E-state index contributed by atoms with van der Waals surface area (Å²) in [6.07, 6.45) is 0. The van der Waals surface area contributed by atoms with E-state index < -0.39 is 11.9 Å². The van der Waals surface area contributed by atoms with E-state index in [4.69, 9.17) is 5.11 Å². The van der Waals surface area contributed by atoms with Gasteiger partial charge in [0, 0.05) is 23.1 Å². The molecular weight excluding hydrogens is 378 g/mol. The van der Waals surface area contributed by atoms with Crippen LogP contribution in [0.2, 0.25) is 0 Å². The summed E-state index contributed by atoms with van der Waals surface area (Å²) in [5.41, 5.74) is 6.77. The molecule has 3 aromatic carbocycles. The third-order valence-corrected chi connectivity index (χ3v) is 5.67. The van der Waals surface area contributed by atoms with Crippen LogP contribution in [-0.4, -0.2) is 26.7 Å². The fourth-order valence-electron chi connectivity index (χ4n) is 3.89. The third kappa shape index (κ3) is 3.35. The lowest BCUT2D eigenvalue weighted by Crippen LogP contribution is -2.04. The molecule has 0 aliphatic heterocycles. The SMILES string of the molecule is Cc1c(C)n(Cc2ccccc2-c2ccc(C(=O)O)cc2)c2ccc(C(=O)O)cc12. The van der Waals surface area contributed by atoms with Crippen molar-refractivity contribution in [2.45, 2.75) is 20.4 Å². The Morgan fingerprint density at radius 3 is 2.13 bits per heavy atom. The van der Waals surface area contributed by atoms with Gasteiger partial charge in [0.2, 0.25) is 0 Å². The minimum absolute atomic E-state index is 0.258. The van der Waals surface area contributed by atoms with E-state index in [2.05, 4.69) is 10.6 Å². The Bertz CT molecular complexity index is 1280. The van der Waals surface area contributed by atoms with Gasteiger partial charge in [-0.25, -0.2) is 9.59 Å². The largest absolute Gasteiger partial charge is 0.478 e. The Hall–Kier alpha value is -3.86. The molecule has 0 saturated carbocycles. The van der Waals surface area contributed by atoms with Crippen LogP contribution in [0.25, 0.3) is 22.0 Å². The van der Waals surface area contributed by atoms with Crippen LogP contribution in [0.5, 0.6) is 0 Å². The molecule has 1 heterocycles. The number of benzene rings is 3. The van der Waals surface area contributed by atoms with Crippen molar-refractivity contribution in [1.82, 2.24) is 4.57 Å². The molecule has 4 aromatic rings. The van der Waals surface area contributed by atoms with Gasteiger partial charge in [0.25, 0.3) is 0 Å².